The molecule has 1 unspecified atom stereocenters. The molecule has 0 aromatic carbocycles. The number of carbonyl (C=O) groups is 1. The van der Waals surface area contributed by atoms with Gasteiger partial charge in [0.2, 0.25) is 10.0 Å². The Morgan fingerprint density at radius 1 is 1.35 bits per heavy atom. The molecule has 0 radical (unpaired) electrons. The average Bonchev–Trinajstić information content (AvgIpc) is 2.27. The number of methoxy groups -OCH3 is 1. The zero-order valence-electron chi connectivity index (χ0n) is 10.9. The third-order valence-electron chi connectivity index (χ3n) is 2.50. The van der Waals surface area contributed by atoms with E-state index in [4.69, 9.17) is 0 Å². The van der Waals surface area contributed by atoms with Gasteiger partial charge in [-0.25, -0.2) is 13.1 Å². The fraction of sp³-hybridized carbons (Fsp3) is 0.909. The van der Waals surface area contributed by atoms with Gasteiger partial charge >= 0.3 is 5.97 Å². The maximum absolute atomic E-state index is 11.7. The number of sulfonamides is 1. The largest absolute Gasteiger partial charge is 0.469 e. The number of nitrogens with one attached hydrogen (secondary N) is 1. The molecular formula is C11H23NO4S. The molecule has 0 heterocycles. The van der Waals surface area contributed by atoms with Crippen molar-refractivity contribution in [3.05, 3.63) is 0 Å². The molecule has 0 aliphatic carbocycles. The molecule has 0 saturated carbocycles. The zero-order valence-corrected chi connectivity index (χ0v) is 11.7. The van der Waals surface area contributed by atoms with Crippen molar-refractivity contribution >= 4 is 16.0 Å². The molecule has 6 heteroatoms. The van der Waals surface area contributed by atoms with Crippen molar-refractivity contribution in [2.24, 2.45) is 0 Å². The van der Waals surface area contributed by atoms with Crippen molar-refractivity contribution in [1.82, 2.24) is 4.72 Å². The summed E-state index contributed by atoms with van der Waals surface area (Å²) < 4.78 is 30.5. The predicted molar refractivity (Wildman–Crippen MR) is 67.2 cm³/mol. The molecular weight excluding hydrogens is 242 g/mol. The first-order valence-electron chi connectivity index (χ1n) is 6.02. The molecule has 0 bridgehead atoms. The highest BCUT2D eigenvalue weighted by atomic mass is 32.2. The van der Waals surface area contributed by atoms with E-state index in [0.29, 0.717) is 6.42 Å². The Hall–Kier alpha value is -0.620. The number of esters is 1. The Kier molecular flexibility index (Phi) is 8.16. The van der Waals surface area contributed by atoms with E-state index in [1.807, 2.05) is 13.8 Å². The summed E-state index contributed by atoms with van der Waals surface area (Å²) in [6, 6.07) is 0.00290. The van der Waals surface area contributed by atoms with Crippen molar-refractivity contribution in [1.29, 1.82) is 0 Å². The van der Waals surface area contributed by atoms with Crippen LogP contribution in [0.4, 0.5) is 0 Å². The molecule has 0 aromatic rings. The van der Waals surface area contributed by atoms with Gasteiger partial charge in [0.05, 0.1) is 12.9 Å². The minimum absolute atomic E-state index is 0.00290. The fourth-order valence-corrected chi connectivity index (χ4v) is 2.95. The molecule has 0 amide bonds. The molecule has 1 N–H and O–H groups in total. The summed E-state index contributed by atoms with van der Waals surface area (Å²) in [7, 11) is -1.98. The van der Waals surface area contributed by atoms with E-state index in [0.717, 1.165) is 19.3 Å². The van der Waals surface area contributed by atoms with E-state index in [1.165, 1.54) is 7.11 Å². The third kappa shape index (κ3) is 8.15. The van der Waals surface area contributed by atoms with Gasteiger partial charge in [0.1, 0.15) is 0 Å². The van der Waals surface area contributed by atoms with Crippen LogP contribution < -0.4 is 4.72 Å². The molecule has 1 atom stereocenters. The van der Waals surface area contributed by atoms with Gasteiger partial charge < -0.3 is 4.74 Å². The average molecular weight is 265 g/mol. The van der Waals surface area contributed by atoms with Gasteiger partial charge in [-0.1, -0.05) is 20.3 Å². The highest BCUT2D eigenvalue weighted by molar-refractivity contribution is 7.89. The van der Waals surface area contributed by atoms with Crippen molar-refractivity contribution in [2.45, 2.75) is 52.0 Å². The first kappa shape index (κ1) is 16.4. The summed E-state index contributed by atoms with van der Waals surface area (Å²) in [6.45, 7) is 3.98. The molecule has 0 spiro atoms. The Morgan fingerprint density at radius 2 is 2.00 bits per heavy atom. The van der Waals surface area contributed by atoms with Crippen LogP contribution in [0.5, 0.6) is 0 Å². The van der Waals surface area contributed by atoms with Gasteiger partial charge in [-0.3, -0.25) is 4.79 Å². The Morgan fingerprint density at radius 3 is 2.47 bits per heavy atom. The van der Waals surface area contributed by atoms with Crippen LogP contribution in [0.15, 0.2) is 0 Å². The third-order valence-corrected chi connectivity index (χ3v) is 4.02. The second-order valence-corrected chi connectivity index (χ2v) is 5.88. The molecule has 5 nitrogen and oxygen atoms in total. The number of ether oxygens (including phenoxy) is 1. The lowest BCUT2D eigenvalue weighted by molar-refractivity contribution is -0.140. The molecule has 0 rings (SSSR count). The summed E-state index contributed by atoms with van der Waals surface area (Å²) in [6.07, 6.45) is 3.01. The maximum Gasteiger partial charge on any atom is 0.305 e. The van der Waals surface area contributed by atoms with Gasteiger partial charge in [-0.2, -0.15) is 0 Å². The van der Waals surface area contributed by atoms with Crippen molar-refractivity contribution in [3.63, 3.8) is 0 Å². The van der Waals surface area contributed by atoms with Crippen LogP contribution in [0, 0.1) is 0 Å². The normalized spacial score (nSPS) is 13.4. The number of hydrogen-bond acceptors (Lipinski definition) is 4. The van der Waals surface area contributed by atoms with Crippen molar-refractivity contribution in [3.8, 4) is 0 Å². The van der Waals surface area contributed by atoms with Crippen LogP contribution in [0.3, 0.4) is 0 Å². The Labute approximate surface area is 104 Å². The summed E-state index contributed by atoms with van der Waals surface area (Å²) >= 11 is 0. The number of rotatable bonds is 9. The summed E-state index contributed by atoms with van der Waals surface area (Å²) in [5.41, 5.74) is 0. The summed E-state index contributed by atoms with van der Waals surface area (Å²) in [4.78, 5) is 10.8. The first-order valence-corrected chi connectivity index (χ1v) is 7.67. The standard InChI is InChI=1S/C11H23NO4S/c1-4-7-10(5-2)12-17(14,15)9-6-8-11(13)16-3/h10,12H,4-9H2,1-3H3. The lowest BCUT2D eigenvalue weighted by Gasteiger charge is -2.15. The van der Waals surface area contributed by atoms with E-state index in [2.05, 4.69) is 9.46 Å². The molecule has 0 fully saturated rings. The van der Waals surface area contributed by atoms with E-state index in [1.54, 1.807) is 0 Å². The minimum Gasteiger partial charge on any atom is -0.469 e. The second-order valence-electron chi connectivity index (χ2n) is 4.01. The SMILES string of the molecule is CCCC(CC)NS(=O)(=O)CCCC(=O)OC. The second kappa shape index (κ2) is 8.47. The highest BCUT2D eigenvalue weighted by Crippen LogP contribution is 2.04. The maximum atomic E-state index is 11.7. The smallest absolute Gasteiger partial charge is 0.305 e. The predicted octanol–water partition coefficient (Wildman–Crippen LogP) is 1.44. The van der Waals surface area contributed by atoms with Crippen LogP contribution in [-0.2, 0) is 19.6 Å². The zero-order chi connectivity index (χ0) is 13.3. The first-order chi connectivity index (χ1) is 7.95. The van der Waals surface area contributed by atoms with Gasteiger partial charge in [-0.15, -0.1) is 0 Å². The van der Waals surface area contributed by atoms with E-state index < -0.39 is 10.0 Å². The Balaban J connectivity index is 4.06. The fourth-order valence-electron chi connectivity index (χ4n) is 1.52. The topological polar surface area (TPSA) is 72.5 Å². The molecule has 0 aromatic heterocycles. The number of carbonyl (C=O) groups excluding carboxylic acids is 1. The van der Waals surface area contributed by atoms with Crippen LogP contribution in [0.2, 0.25) is 0 Å². The van der Waals surface area contributed by atoms with Crippen molar-refractivity contribution in [2.75, 3.05) is 12.9 Å². The van der Waals surface area contributed by atoms with Crippen LogP contribution >= 0.6 is 0 Å². The molecule has 0 aliphatic heterocycles. The molecule has 0 saturated heterocycles. The lowest BCUT2D eigenvalue weighted by atomic mass is 10.1. The van der Waals surface area contributed by atoms with E-state index in [-0.39, 0.29) is 24.2 Å². The van der Waals surface area contributed by atoms with Crippen LogP contribution in [0.1, 0.15) is 46.0 Å². The van der Waals surface area contributed by atoms with Gasteiger partial charge in [0, 0.05) is 12.5 Å². The van der Waals surface area contributed by atoms with Gasteiger partial charge in [-0.05, 0) is 19.3 Å². The Bertz CT molecular complexity index is 313. The van der Waals surface area contributed by atoms with Gasteiger partial charge in [0.25, 0.3) is 0 Å². The van der Waals surface area contributed by atoms with E-state index >= 15 is 0 Å². The highest BCUT2D eigenvalue weighted by Gasteiger charge is 2.16. The molecule has 17 heavy (non-hydrogen) atoms. The summed E-state index contributed by atoms with van der Waals surface area (Å²) in [5.74, 6) is -0.400. The minimum atomic E-state index is -3.28. The number of hydrogen-bond donors (Lipinski definition) is 1. The summed E-state index contributed by atoms with van der Waals surface area (Å²) in [5, 5.41) is 0. The molecule has 102 valence electrons. The van der Waals surface area contributed by atoms with Gasteiger partial charge in [0.15, 0.2) is 0 Å². The van der Waals surface area contributed by atoms with E-state index in [9.17, 15) is 13.2 Å². The van der Waals surface area contributed by atoms with Crippen LogP contribution in [0.25, 0.3) is 0 Å². The lowest BCUT2D eigenvalue weighted by Crippen LogP contribution is -2.36. The molecule has 0 aliphatic rings. The monoisotopic (exact) mass is 265 g/mol. The quantitative estimate of drug-likeness (QED) is 0.640. The van der Waals surface area contributed by atoms with Crippen LogP contribution in [-0.4, -0.2) is 33.3 Å². The van der Waals surface area contributed by atoms with Crippen molar-refractivity contribution < 1.29 is 17.9 Å².